The van der Waals surface area contributed by atoms with Gasteiger partial charge in [0, 0.05) is 12.7 Å². The van der Waals surface area contributed by atoms with Gasteiger partial charge in [0.25, 0.3) is 0 Å². The van der Waals surface area contributed by atoms with Crippen molar-refractivity contribution in [1.29, 1.82) is 10.5 Å². The SMILES string of the molecule is N#Cc1ccc(CCNCC2CNc3cc(C#N)cnc3O2)cc1.c1ccccc1. The first-order valence-corrected chi connectivity index (χ1v) is 9.79. The standard InChI is InChI=1S/C18H17N5O.C6H6/c19-8-14-3-1-13(2-4-14)5-6-21-11-16-12-22-17-7-15(9-20)10-23-18(17)24-16;1-2-4-6-5-3-1/h1-4,7,10,16,21-22H,5-6,11-12H2;1-6H. The minimum absolute atomic E-state index is 0.00102. The van der Waals surface area contributed by atoms with Crippen LogP contribution in [0.15, 0.2) is 72.9 Å². The highest BCUT2D eigenvalue weighted by atomic mass is 16.5. The molecular weight excluding hydrogens is 374 g/mol. The molecule has 0 aliphatic carbocycles. The van der Waals surface area contributed by atoms with E-state index in [1.165, 1.54) is 11.8 Å². The zero-order chi connectivity index (χ0) is 21.0. The second-order valence-corrected chi connectivity index (χ2v) is 6.73. The van der Waals surface area contributed by atoms with Crippen molar-refractivity contribution in [3.05, 3.63) is 89.6 Å². The molecule has 0 saturated heterocycles. The van der Waals surface area contributed by atoms with E-state index in [0.29, 0.717) is 30.1 Å². The van der Waals surface area contributed by atoms with Crippen molar-refractivity contribution < 1.29 is 4.74 Å². The summed E-state index contributed by atoms with van der Waals surface area (Å²) in [5.74, 6) is 0.541. The Morgan fingerprint density at radius 3 is 2.30 bits per heavy atom. The van der Waals surface area contributed by atoms with E-state index in [1.54, 1.807) is 6.07 Å². The Morgan fingerprint density at radius 1 is 1.00 bits per heavy atom. The first-order valence-electron chi connectivity index (χ1n) is 9.79. The number of anilines is 1. The molecule has 30 heavy (non-hydrogen) atoms. The number of hydrogen-bond donors (Lipinski definition) is 2. The lowest BCUT2D eigenvalue weighted by atomic mass is 10.1. The lowest BCUT2D eigenvalue weighted by Crippen LogP contribution is -2.40. The summed E-state index contributed by atoms with van der Waals surface area (Å²) >= 11 is 0. The fourth-order valence-corrected chi connectivity index (χ4v) is 2.90. The Kier molecular flexibility index (Phi) is 7.79. The monoisotopic (exact) mass is 397 g/mol. The van der Waals surface area contributed by atoms with Crippen LogP contribution in [0.1, 0.15) is 16.7 Å². The molecule has 1 atom stereocenters. The van der Waals surface area contributed by atoms with Crippen LogP contribution < -0.4 is 15.4 Å². The lowest BCUT2D eigenvalue weighted by Gasteiger charge is -2.26. The average Bonchev–Trinajstić information content (AvgIpc) is 2.83. The molecule has 2 heterocycles. The summed E-state index contributed by atoms with van der Waals surface area (Å²) in [5.41, 5.74) is 3.16. The number of nitrogens with zero attached hydrogens (tertiary/aromatic N) is 3. The number of hydrogen-bond acceptors (Lipinski definition) is 6. The molecule has 0 spiro atoms. The van der Waals surface area contributed by atoms with Gasteiger partial charge in [-0.2, -0.15) is 10.5 Å². The van der Waals surface area contributed by atoms with Crippen molar-refractivity contribution in [1.82, 2.24) is 10.3 Å². The predicted octanol–water partition coefficient (Wildman–Crippen LogP) is 3.52. The summed E-state index contributed by atoms with van der Waals surface area (Å²) in [6, 6.07) is 25.6. The van der Waals surface area contributed by atoms with Crippen molar-refractivity contribution in [3.8, 4) is 18.0 Å². The molecule has 1 aliphatic heterocycles. The molecule has 0 radical (unpaired) electrons. The molecule has 4 rings (SSSR count). The molecule has 6 nitrogen and oxygen atoms in total. The minimum atomic E-state index is -0.00102. The molecule has 2 N–H and O–H groups in total. The highest BCUT2D eigenvalue weighted by Crippen LogP contribution is 2.26. The molecule has 150 valence electrons. The maximum atomic E-state index is 8.87. The molecule has 6 heteroatoms. The quantitative estimate of drug-likeness (QED) is 0.640. The number of rotatable bonds is 5. The van der Waals surface area contributed by atoms with Crippen molar-refractivity contribution in [2.75, 3.05) is 25.0 Å². The van der Waals surface area contributed by atoms with Crippen molar-refractivity contribution in [2.24, 2.45) is 0 Å². The zero-order valence-corrected chi connectivity index (χ0v) is 16.6. The molecule has 1 aliphatic rings. The van der Waals surface area contributed by atoms with E-state index >= 15 is 0 Å². The Balaban J connectivity index is 0.000000367. The minimum Gasteiger partial charge on any atom is -0.470 e. The summed E-state index contributed by atoms with van der Waals surface area (Å²) in [7, 11) is 0. The topological polar surface area (TPSA) is 93.8 Å². The normalized spacial score (nSPS) is 13.9. The Hall–Kier alpha value is -3.87. The molecule has 0 bridgehead atoms. The van der Waals surface area contributed by atoms with Gasteiger partial charge in [0.1, 0.15) is 12.2 Å². The van der Waals surface area contributed by atoms with E-state index in [4.69, 9.17) is 15.3 Å². The fourth-order valence-electron chi connectivity index (χ4n) is 2.90. The summed E-state index contributed by atoms with van der Waals surface area (Å²) in [6.07, 6.45) is 2.41. The van der Waals surface area contributed by atoms with Gasteiger partial charge in [-0.25, -0.2) is 4.98 Å². The molecule has 1 aromatic heterocycles. The van der Waals surface area contributed by atoms with E-state index in [2.05, 4.69) is 27.8 Å². The van der Waals surface area contributed by atoms with Crippen LogP contribution in [-0.4, -0.2) is 30.7 Å². The summed E-state index contributed by atoms with van der Waals surface area (Å²) in [4.78, 5) is 4.17. The third-order valence-electron chi connectivity index (χ3n) is 4.49. The van der Waals surface area contributed by atoms with Crippen LogP contribution in [0.4, 0.5) is 5.69 Å². The van der Waals surface area contributed by atoms with Gasteiger partial charge in [-0.3, -0.25) is 0 Å². The second-order valence-electron chi connectivity index (χ2n) is 6.73. The number of aromatic nitrogens is 1. The van der Waals surface area contributed by atoms with Crippen LogP contribution in [0.2, 0.25) is 0 Å². The zero-order valence-electron chi connectivity index (χ0n) is 16.6. The number of ether oxygens (including phenoxy) is 1. The van der Waals surface area contributed by atoms with Gasteiger partial charge in [0.05, 0.1) is 29.4 Å². The number of nitriles is 2. The van der Waals surface area contributed by atoms with Crippen LogP contribution >= 0.6 is 0 Å². The van der Waals surface area contributed by atoms with Crippen LogP contribution in [0.3, 0.4) is 0 Å². The van der Waals surface area contributed by atoms with Crippen molar-refractivity contribution in [3.63, 3.8) is 0 Å². The Morgan fingerprint density at radius 2 is 1.67 bits per heavy atom. The first-order chi connectivity index (χ1) is 14.8. The van der Waals surface area contributed by atoms with Crippen LogP contribution in [0.25, 0.3) is 0 Å². The van der Waals surface area contributed by atoms with Crippen molar-refractivity contribution in [2.45, 2.75) is 12.5 Å². The summed E-state index contributed by atoms with van der Waals surface area (Å²) < 4.78 is 5.83. The van der Waals surface area contributed by atoms with Crippen LogP contribution in [0.5, 0.6) is 5.88 Å². The van der Waals surface area contributed by atoms with Crippen molar-refractivity contribution >= 4 is 5.69 Å². The van der Waals surface area contributed by atoms with Gasteiger partial charge in [-0.05, 0) is 36.7 Å². The molecule has 0 fully saturated rings. The highest BCUT2D eigenvalue weighted by molar-refractivity contribution is 5.57. The smallest absolute Gasteiger partial charge is 0.237 e. The number of fused-ring (bicyclic) bond motifs is 1. The lowest BCUT2D eigenvalue weighted by molar-refractivity contribution is 0.194. The van der Waals surface area contributed by atoms with Crippen LogP contribution in [0, 0.1) is 22.7 Å². The average molecular weight is 397 g/mol. The fraction of sp³-hybridized carbons (Fsp3) is 0.208. The number of nitrogens with one attached hydrogen (secondary N) is 2. The highest BCUT2D eigenvalue weighted by Gasteiger charge is 2.20. The maximum Gasteiger partial charge on any atom is 0.237 e. The van der Waals surface area contributed by atoms with Gasteiger partial charge >= 0.3 is 0 Å². The van der Waals surface area contributed by atoms with E-state index in [-0.39, 0.29) is 6.10 Å². The molecule has 3 aromatic rings. The van der Waals surface area contributed by atoms with E-state index in [9.17, 15) is 0 Å². The van der Waals surface area contributed by atoms with Gasteiger partial charge in [0.2, 0.25) is 5.88 Å². The van der Waals surface area contributed by atoms with E-state index < -0.39 is 0 Å². The number of benzene rings is 2. The van der Waals surface area contributed by atoms with Gasteiger partial charge in [0.15, 0.2) is 0 Å². The first kappa shape index (κ1) is 20.9. The molecule has 0 amide bonds. The van der Waals surface area contributed by atoms with Gasteiger partial charge < -0.3 is 15.4 Å². The third kappa shape index (κ3) is 6.34. The van der Waals surface area contributed by atoms with Gasteiger partial charge in [-0.1, -0.05) is 48.5 Å². The Bertz CT molecular complexity index is 980. The molecule has 2 aromatic carbocycles. The molecule has 0 saturated carbocycles. The predicted molar refractivity (Wildman–Crippen MR) is 116 cm³/mol. The third-order valence-corrected chi connectivity index (χ3v) is 4.49. The molecular formula is C24H23N5O. The largest absolute Gasteiger partial charge is 0.470 e. The Labute approximate surface area is 176 Å². The van der Waals surface area contributed by atoms with E-state index in [1.807, 2.05) is 60.7 Å². The second kappa shape index (κ2) is 11.2. The maximum absolute atomic E-state index is 8.87. The van der Waals surface area contributed by atoms with Gasteiger partial charge in [-0.15, -0.1) is 0 Å². The number of pyridine rings is 1. The van der Waals surface area contributed by atoms with Crippen LogP contribution in [-0.2, 0) is 6.42 Å². The molecule has 1 unspecified atom stereocenters. The summed E-state index contributed by atoms with van der Waals surface area (Å²) in [6.45, 7) is 2.22. The summed E-state index contributed by atoms with van der Waals surface area (Å²) in [5, 5.41) is 24.3. The van der Waals surface area contributed by atoms with E-state index in [0.717, 1.165) is 18.7 Å².